The van der Waals surface area contributed by atoms with E-state index in [9.17, 15) is 4.79 Å². The summed E-state index contributed by atoms with van der Waals surface area (Å²) < 4.78 is 0. The molecule has 1 atom stereocenters. The standard InChI is InChI=1S/C24H24N6O/c1-15-7-9-17(10-8-15)20-11-21(28-13-27-20)26-12-16(2)18-5-4-6-19-22(18)29-14-30-23(19)24(31)25-3/h4-11,13-14,16H,12H2,1-3H3,(H,25,31)(H,26,27,28)/t16-/m1/s1. The Balaban J connectivity index is 1.55. The van der Waals surface area contributed by atoms with Crippen molar-refractivity contribution in [2.24, 2.45) is 0 Å². The van der Waals surface area contributed by atoms with Crippen LogP contribution in [0.1, 0.15) is 34.5 Å². The Bertz CT molecular complexity index is 1220. The van der Waals surface area contributed by atoms with Crippen molar-refractivity contribution in [2.45, 2.75) is 19.8 Å². The minimum Gasteiger partial charge on any atom is -0.369 e. The zero-order valence-corrected chi connectivity index (χ0v) is 17.8. The van der Waals surface area contributed by atoms with Crippen LogP contribution in [0.15, 0.2) is 61.2 Å². The van der Waals surface area contributed by atoms with Gasteiger partial charge in [0.25, 0.3) is 5.91 Å². The van der Waals surface area contributed by atoms with E-state index in [1.165, 1.54) is 11.9 Å². The minimum absolute atomic E-state index is 0.133. The molecule has 0 bridgehead atoms. The number of fused-ring (bicyclic) bond motifs is 1. The first-order valence-electron chi connectivity index (χ1n) is 10.2. The van der Waals surface area contributed by atoms with Gasteiger partial charge in [-0.15, -0.1) is 0 Å². The first-order valence-corrected chi connectivity index (χ1v) is 10.2. The number of hydrogen-bond donors (Lipinski definition) is 2. The first kappa shape index (κ1) is 20.4. The van der Waals surface area contributed by atoms with Gasteiger partial charge in [-0.3, -0.25) is 4.79 Å². The molecule has 7 nitrogen and oxygen atoms in total. The summed E-state index contributed by atoms with van der Waals surface area (Å²) in [6.45, 7) is 4.84. The number of nitrogens with one attached hydrogen (secondary N) is 2. The van der Waals surface area contributed by atoms with Gasteiger partial charge in [-0.1, -0.05) is 55.0 Å². The lowest BCUT2D eigenvalue weighted by Crippen LogP contribution is -2.20. The van der Waals surface area contributed by atoms with Gasteiger partial charge in [-0.05, 0) is 12.5 Å². The van der Waals surface area contributed by atoms with Gasteiger partial charge in [-0.2, -0.15) is 0 Å². The molecule has 0 unspecified atom stereocenters. The highest BCUT2D eigenvalue weighted by molar-refractivity contribution is 6.04. The average molecular weight is 412 g/mol. The van der Waals surface area contributed by atoms with Gasteiger partial charge in [0.05, 0.1) is 11.2 Å². The fourth-order valence-electron chi connectivity index (χ4n) is 3.51. The Kier molecular flexibility index (Phi) is 5.84. The number of carbonyl (C=O) groups excluding carboxylic acids is 1. The molecule has 0 saturated carbocycles. The van der Waals surface area contributed by atoms with Crippen molar-refractivity contribution < 1.29 is 4.79 Å². The number of amides is 1. The van der Waals surface area contributed by atoms with Crippen LogP contribution in [0, 0.1) is 6.92 Å². The number of aromatic nitrogens is 4. The molecule has 0 fully saturated rings. The largest absolute Gasteiger partial charge is 0.369 e. The summed E-state index contributed by atoms with van der Waals surface area (Å²) in [4.78, 5) is 29.5. The SMILES string of the molecule is CNC(=O)c1ncnc2c([C@H](C)CNc3cc(-c4ccc(C)cc4)ncn3)cccc12. The Hall–Kier alpha value is -3.87. The Morgan fingerprint density at radius 3 is 2.55 bits per heavy atom. The van der Waals surface area contributed by atoms with E-state index in [1.807, 2.05) is 24.3 Å². The van der Waals surface area contributed by atoms with Crippen LogP contribution >= 0.6 is 0 Å². The summed E-state index contributed by atoms with van der Waals surface area (Å²) in [5, 5.41) is 6.78. The summed E-state index contributed by atoms with van der Waals surface area (Å²) in [5.41, 5.74) is 5.35. The van der Waals surface area contributed by atoms with Crippen LogP contribution in [0.5, 0.6) is 0 Å². The number of carbonyl (C=O) groups is 1. The van der Waals surface area contributed by atoms with Crippen LogP contribution in [0.2, 0.25) is 0 Å². The monoisotopic (exact) mass is 412 g/mol. The zero-order chi connectivity index (χ0) is 21.8. The molecule has 4 aromatic rings. The Morgan fingerprint density at radius 2 is 1.77 bits per heavy atom. The number of anilines is 1. The summed E-state index contributed by atoms with van der Waals surface area (Å²) in [6.07, 6.45) is 3.01. The van der Waals surface area contributed by atoms with Crippen LogP contribution in [-0.4, -0.2) is 39.4 Å². The molecular formula is C24H24N6O. The zero-order valence-electron chi connectivity index (χ0n) is 17.8. The van der Waals surface area contributed by atoms with Crippen molar-refractivity contribution in [3.05, 3.63) is 78.0 Å². The molecule has 7 heteroatoms. The van der Waals surface area contributed by atoms with E-state index in [4.69, 9.17) is 0 Å². The highest BCUT2D eigenvalue weighted by Gasteiger charge is 2.16. The van der Waals surface area contributed by atoms with E-state index in [-0.39, 0.29) is 11.8 Å². The van der Waals surface area contributed by atoms with Gasteiger partial charge < -0.3 is 10.6 Å². The van der Waals surface area contributed by atoms with E-state index < -0.39 is 0 Å². The highest BCUT2D eigenvalue weighted by atomic mass is 16.1. The fraction of sp³-hybridized carbons (Fsp3) is 0.208. The first-order chi connectivity index (χ1) is 15.1. The molecule has 0 aliphatic heterocycles. The molecule has 2 aromatic heterocycles. The maximum absolute atomic E-state index is 12.2. The number of aryl methyl sites for hydroxylation is 1. The smallest absolute Gasteiger partial charge is 0.270 e. The number of hydrogen-bond acceptors (Lipinski definition) is 6. The molecule has 156 valence electrons. The summed E-state index contributed by atoms with van der Waals surface area (Å²) in [7, 11) is 1.60. The van der Waals surface area contributed by atoms with Gasteiger partial charge in [0.1, 0.15) is 24.2 Å². The van der Waals surface area contributed by atoms with Crippen molar-refractivity contribution in [3.8, 4) is 11.3 Å². The molecule has 0 aliphatic carbocycles. The van der Waals surface area contributed by atoms with E-state index in [0.717, 1.165) is 33.5 Å². The summed E-state index contributed by atoms with van der Waals surface area (Å²) in [6, 6.07) is 16.1. The van der Waals surface area contributed by atoms with Crippen LogP contribution in [0.3, 0.4) is 0 Å². The molecule has 0 radical (unpaired) electrons. The van der Waals surface area contributed by atoms with Crippen molar-refractivity contribution in [1.29, 1.82) is 0 Å². The van der Waals surface area contributed by atoms with Crippen molar-refractivity contribution in [3.63, 3.8) is 0 Å². The van der Waals surface area contributed by atoms with Gasteiger partial charge in [0.15, 0.2) is 0 Å². The second-order valence-electron chi connectivity index (χ2n) is 7.48. The predicted octanol–water partition coefficient (Wildman–Crippen LogP) is 3.97. The maximum Gasteiger partial charge on any atom is 0.270 e. The lowest BCUT2D eigenvalue weighted by atomic mass is 9.97. The van der Waals surface area contributed by atoms with E-state index in [2.05, 4.69) is 68.7 Å². The lowest BCUT2D eigenvalue weighted by molar-refractivity contribution is 0.0960. The second-order valence-corrected chi connectivity index (χ2v) is 7.48. The van der Waals surface area contributed by atoms with E-state index in [1.54, 1.807) is 13.4 Å². The molecule has 0 saturated heterocycles. The average Bonchev–Trinajstić information content (AvgIpc) is 2.82. The van der Waals surface area contributed by atoms with Crippen molar-refractivity contribution in [1.82, 2.24) is 25.3 Å². The second kappa shape index (κ2) is 8.87. The molecule has 31 heavy (non-hydrogen) atoms. The summed E-state index contributed by atoms with van der Waals surface area (Å²) >= 11 is 0. The number of para-hydroxylation sites is 1. The predicted molar refractivity (Wildman–Crippen MR) is 122 cm³/mol. The Labute approximate surface area is 181 Å². The third kappa shape index (κ3) is 4.35. The highest BCUT2D eigenvalue weighted by Crippen LogP contribution is 2.26. The Morgan fingerprint density at radius 1 is 1.00 bits per heavy atom. The third-order valence-corrected chi connectivity index (χ3v) is 5.27. The molecule has 4 rings (SSSR count). The van der Waals surface area contributed by atoms with Gasteiger partial charge in [-0.25, -0.2) is 19.9 Å². The normalized spacial score (nSPS) is 11.8. The van der Waals surface area contributed by atoms with Gasteiger partial charge in [0, 0.05) is 36.5 Å². The van der Waals surface area contributed by atoms with Crippen molar-refractivity contribution >= 4 is 22.6 Å². The fourth-order valence-corrected chi connectivity index (χ4v) is 3.51. The van der Waals surface area contributed by atoms with Crippen LogP contribution in [0.25, 0.3) is 22.2 Å². The third-order valence-electron chi connectivity index (χ3n) is 5.27. The number of benzene rings is 2. The maximum atomic E-state index is 12.2. The van der Waals surface area contributed by atoms with Crippen molar-refractivity contribution in [2.75, 3.05) is 18.9 Å². The van der Waals surface area contributed by atoms with Crippen LogP contribution in [0.4, 0.5) is 5.82 Å². The van der Waals surface area contributed by atoms with Crippen LogP contribution < -0.4 is 10.6 Å². The quantitative estimate of drug-likeness (QED) is 0.498. The molecule has 2 heterocycles. The molecule has 1 amide bonds. The van der Waals surface area contributed by atoms with E-state index in [0.29, 0.717) is 12.2 Å². The minimum atomic E-state index is -0.222. The topological polar surface area (TPSA) is 92.7 Å². The summed E-state index contributed by atoms with van der Waals surface area (Å²) in [5.74, 6) is 0.673. The molecule has 0 spiro atoms. The van der Waals surface area contributed by atoms with Gasteiger partial charge in [0.2, 0.25) is 0 Å². The van der Waals surface area contributed by atoms with E-state index >= 15 is 0 Å². The molecule has 0 aliphatic rings. The van der Waals surface area contributed by atoms with Crippen LogP contribution in [-0.2, 0) is 0 Å². The lowest BCUT2D eigenvalue weighted by Gasteiger charge is -2.16. The molecule has 2 aromatic carbocycles. The molecule has 2 N–H and O–H groups in total. The molecular weight excluding hydrogens is 388 g/mol. The number of nitrogens with zero attached hydrogens (tertiary/aromatic N) is 4. The van der Waals surface area contributed by atoms with Gasteiger partial charge >= 0.3 is 0 Å². The number of rotatable bonds is 6.